The van der Waals surface area contributed by atoms with Crippen LogP contribution in [0.2, 0.25) is 5.02 Å². The Morgan fingerprint density at radius 1 is 1.08 bits per heavy atom. The van der Waals surface area contributed by atoms with Gasteiger partial charge in [-0.3, -0.25) is 4.79 Å². The summed E-state index contributed by atoms with van der Waals surface area (Å²) in [6.45, 7) is -0.330. The summed E-state index contributed by atoms with van der Waals surface area (Å²) in [4.78, 5) is 24.6. The molecule has 0 bridgehead atoms. The highest BCUT2D eigenvalue weighted by Gasteiger charge is 2.30. The van der Waals surface area contributed by atoms with Crippen molar-refractivity contribution >= 4 is 23.5 Å². The molecule has 0 aliphatic heterocycles. The minimum Gasteiger partial charge on any atom is -0.480 e. The van der Waals surface area contributed by atoms with Gasteiger partial charge in [0.1, 0.15) is 5.75 Å². The maximum atomic E-state index is 12.4. The van der Waals surface area contributed by atoms with E-state index in [1.807, 2.05) is 6.07 Å². The molecule has 25 heavy (non-hydrogen) atoms. The molecule has 1 aliphatic rings. The van der Waals surface area contributed by atoms with Crippen molar-refractivity contribution in [3.8, 4) is 5.75 Å². The minimum atomic E-state index is -0.996. The van der Waals surface area contributed by atoms with Crippen LogP contribution in [0.1, 0.15) is 24.5 Å². The fourth-order valence-electron chi connectivity index (χ4n) is 2.27. The van der Waals surface area contributed by atoms with Crippen LogP contribution in [0.15, 0.2) is 54.6 Å². The molecule has 1 saturated carbocycles. The van der Waals surface area contributed by atoms with E-state index >= 15 is 0 Å². The van der Waals surface area contributed by atoms with Crippen LogP contribution in [0.25, 0.3) is 0 Å². The molecule has 2 aromatic carbocycles. The first-order valence-corrected chi connectivity index (χ1v) is 8.43. The number of amides is 1. The highest BCUT2D eigenvalue weighted by molar-refractivity contribution is 6.32. The molecule has 0 spiro atoms. The third-order valence-corrected chi connectivity index (χ3v) is 4.01. The van der Waals surface area contributed by atoms with Crippen LogP contribution in [-0.4, -0.2) is 24.5 Å². The number of carbonyl (C=O) groups excluding carboxylic acids is 2. The lowest BCUT2D eigenvalue weighted by Crippen LogP contribution is -2.34. The van der Waals surface area contributed by atoms with Gasteiger partial charge in [0.05, 0.1) is 5.02 Å². The van der Waals surface area contributed by atoms with E-state index < -0.39 is 12.1 Å². The van der Waals surface area contributed by atoms with Gasteiger partial charge in [0.25, 0.3) is 5.91 Å². The van der Waals surface area contributed by atoms with Gasteiger partial charge >= 0.3 is 5.97 Å². The summed E-state index contributed by atoms with van der Waals surface area (Å²) in [6, 6.07) is 15.9. The first-order chi connectivity index (χ1) is 12.1. The van der Waals surface area contributed by atoms with Crippen LogP contribution in [0.3, 0.4) is 0 Å². The first-order valence-electron chi connectivity index (χ1n) is 8.05. The number of halogens is 1. The molecular weight excluding hydrogens is 342 g/mol. The number of rotatable bonds is 7. The van der Waals surface area contributed by atoms with Crippen molar-refractivity contribution in [1.29, 1.82) is 0 Å². The number of hydrogen-bond donors (Lipinski definition) is 1. The minimum absolute atomic E-state index is 0.178. The van der Waals surface area contributed by atoms with E-state index in [0.717, 1.165) is 12.8 Å². The number of benzene rings is 2. The fourth-order valence-corrected chi connectivity index (χ4v) is 2.46. The Bertz CT molecular complexity index is 746. The highest BCUT2D eigenvalue weighted by atomic mass is 35.5. The van der Waals surface area contributed by atoms with Crippen molar-refractivity contribution in [2.75, 3.05) is 6.61 Å². The Hall–Kier alpha value is -2.53. The van der Waals surface area contributed by atoms with E-state index in [1.54, 1.807) is 48.5 Å². The van der Waals surface area contributed by atoms with E-state index in [-0.39, 0.29) is 18.6 Å². The second kappa shape index (κ2) is 8.03. The molecule has 1 N–H and O–H groups in total. The van der Waals surface area contributed by atoms with Gasteiger partial charge in [-0.1, -0.05) is 54.1 Å². The van der Waals surface area contributed by atoms with Crippen LogP contribution in [0.5, 0.6) is 5.75 Å². The third kappa shape index (κ3) is 4.97. The maximum absolute atomic E-state index is 12.4. The maximum Gasteiger partial charge on any atom is 0.345 e. The lowest BCUT2D eigenvalue weighted by atomic mass is 10.1. The van der Waals surface area contributed by atoms with Crippen LogP contribution in [-0.2, 0) is 14.3 Å². The summed E-state index contributed by atoms with van der Waals surface area (Å²) in [7, 11) is 0. The van der Waals surface area contributed by atoms with Crippen molar-refractivity contribution < 1.29 is 19.1 Å². The monoisotopic (exact) mass is 359 g/mol. The summed E-state index contributed by atoms with van der Waals surface area (Å²) >= 11 is 5.98. The Morgan fingerprint density at radius 3 is 2.44 bits per heavy atom. The molecule has 1 fully saturated rings. The molecule has 5 nitrogen and oxygen atoms in total. The predicted molar refractivity (Wildman–Crippen MR) is 93.4 cm³/mol. The Labute approximate surface area is 150 Å². The molecule has 3 rings (SSSR count). The van der Waals surface area contributed by atoms with Crippen LogP contribution in [0, 0.1) is 0 Å². The van der Waals surface area contributed by atoms with E-state index in [9.17, 15) is 9.59 Å². The molecule has 2 aromatic rings. The van der Waals surface area contributed by atoms with E-state index in [1.165, 1.54) is 0 Å². The lowest BCUT2D eigenvalue weighted by molar-refractivity contribution is -0.158. The second-order valence-corrected chi connectivity index (χ2v) is 6.19. The van der Waals surface area contributed by atoms with Gasteiger partial charge in [-0.05, 0) is 25.0 Å². The van der Waals surface area contributed by atoms with Crippen molar-refractivity contribution in [3.63, 3.8) is 0 Å². The molecule has 0 heterocycles. The normalized spacial score (nSPS) is 14.4. The fraction of sp³-hybridized carbons (Fsp3) is 0.263. The second-order valence-electron chi connectivity index (χ2n) is 5.78. The van der Waals surface area contributed by atoms with Crippen molar-refractivity contribution in [1.82, 2.24) is 5.32 Å². The van der Waals surface area contributed by atoms with Gasteiger partial charge in [-0.25, -0.2) is 4.79 Å². The molecule has 0 aromatic heterocycles. The molecule has 1 atom stereocenters. The Kier molecular flexibility index (Phi) is 5.56. The SMILES string of the molecule is O=C(COc1ccccc1Cl)O[C@@H](C(=O)NC1CC1)c1ccccc1. The van der Waals surface area contributed by atoms with Gasteiger partial charge < -0.3 is 14.8 Å². The van der Waals surface area contributed by atoms with Gasteiger partial charge in [-0.15, -0.1) is 0 Å². The average molecular weight is 360 g/mol. The first kappa shape index (κ1) is 17.3. The molecule has 0 saturated heterocycles. The van der Waals surface area contributed by atoms with Crippen LogP contribution >= 0.6 is 11.6 Å². The number of ether oxygens (including phenoxy) is 2. The number of hydrogen-bond acceptors (Lipinski definition) is 4. The van der Waals surface area contributed by atoms with E-state index in [2.05, 4.69) is 5.32 Å². The Morgan fingerprint density at radius 2 is 1.76 bits per heavy atom. The Balaban J connectivity index is 1.63. The van der Waals surface area contributed by atoms with E-state index in [4.69, 9.17) is 21.1 Å². The summed E-state index contributed by atoms with van der Waals surface area (Å²) in [6.07, 6.45) is 0.914. The molecule has 0 radical (unpaired) electrons. The smallest absolute Gasteiger partial charge is 0.345 e. The predicted octanol–water partition coefficient (Wildman–Crippen LogP) is 3.28. The largest absolute Gasteiger partial charge is 0.480 e. The number of nitrogens with one attached hydrogen (secondary N) is 1. The van der Waals surface area contributed by atoms with Gasteiger partial charge in [0, 0.05) is 11.6 Å². The van der Waals surface area contributed by atoms with Crippen molar-refractivity contribution in [3.05, 3.63) is 65.2 Å². The number of carbonyl (C=O) groups is 2. The van der Waals surface area contributed by atoms with E-state index in [0.29, 0.717) is 16.3 Å². The van der Waals surface area contributed by atoms with Crippen molar-refractivity contribution in [2.24, 2.45) is 0 Å². The zero-order valence-electron chi connectivity index (χ0n) is 13.5. The van der Waals surface area contributed by atoms with Crippen LogP contribution < -0.4 is 10.1 Å². The summed E-state index contributed by atoms with van der Waals surface area (Å²) in [5.74, 6) is -0.570. The topological polar surface area (TPSA) is 64.6 Å². The zero-order chi connectivity index (χ0) is 17.6. The molecular formula is C19H18ClNO4. The summed E-state index contributed by atoms with van der Waals surface area (Å²) < 4.78 is 10.7. The quantitative estimate of drug-likeness (QED) is 0.770. The standard InChI is InChI=1S/C19H18ClNO4/c20-15-8-4-5-9-16(15)24-12-17(22)25-18(13-6-2-1-3-7-13)19(23)21-14-10-11-14/h1-9,14,18H,10-12H2,(H,21,23)/t18-/m1/s1. The lowest BCUT2D eigenvalue weighted by Gasteiger charge is -2.18. The molecule has 130 valence electrons. The highest BCUT2D eigenvalue weighted by Crippen LogP contribution is 2.25. The van der Waals surface area contributed by atoms with Crippen molar-refractivity contribution in [2.45, 2.75) is 25.0 Å². The molecule has 1 amide bonds. The summed E-state index contributed by atoms with van der Waals surface area (Å²) in [5.41, 5.74) is 0.617. The average Bonchev–Trinajstić information content (AvgIpc) is 3.43. The van der Waals surface area contributed by atoms with Gasteiger partial charge in [0.2, 0.25) is 6.10 Å². The molecule has 1 aliphatic carbocycles. The number of esters is 1. The third-order valence-electron chi connectivity index (χ3n) is 3.70. The van der Waals surface area contributed by atoms with Gasteiger partial charge in [-0.2, -0.15) is 0 Å². The van der Waals surface area contributed by atoms with Gasteiger partial charge in [0.15, 0.2) is 6.61 Å². The van der Waals surface area contributed by atoms with Crippen LogP contribution in [0.4, 0.5) is 0 Å². The molecule has 0 unspecified atom stereocenters. The zero-order valence-corrected chi connectivity index (χ0v) is 14.2. The molecule has 6 heteroatoms. The number of para-hydroxylation sites is 1. The summed E-state index contributed by atoms with van der Waals surface area (Å²) in [5, 5.41) is 3.27.